The van der Waals surface area contributed by atoms with Crippen molar-refractivity contribution in [2.45, 2.75) is 56.1 Å². The zero-order valence-corrected chi connectivity index (χ0v) is 13.2. The van der Waals surface area contributed by atoms with Gasteiger partial charge < -0.3 is 0 Å². The molecule has 21 heavy (non-hydrogen) atoms. The lowest BCUT2D eigenvalue weighted by molar-refractivity contribution is 0.0697. The summed E-state index contributed by atoms with van der Waals surface area (Å²) in [7, 11) is -3.59. The van der Waals surface area contributed by atoms with Crippen LogP contribution in [0.1, 0.15) is 37.7 Å². The number of hydrogen-bond acceptors (Lipinski definition) is 2. The van der Waals surface area contributed by atoms with Crippen LogP contribution in [0.5, 0.6) is 0 Å². The highest BCUT2D eigenvalue weighted by atomic mass is 32.2. The molecule has 116 valence electrons. The fourth-order valence-corrected chi connectivity index (χ4v) is 5.44. The number of hydrogen-bond donors (Lipinski definition) is 0. The molecule has 0 aromatic heterocycles. The van der Waals surface area contributed by atoms with Crippen LogP contribution < -0.4 is 0 Å². The van der Waals surface area contributed by atoms with Crippen molar-refractivity contribution >= 4 is 10.0 Å². The molecule has 0 bridgehead atoms. The van der Waals surface area contributed by atoms with E-state index in [1.807, 2.05) is 6.92 Å². The Morgan fingerprint density at radius 2 is 1.81 bits per heavy atom. The number of benzene rings is 1. The lowest BCUT2D eigenvalue weighted by Gasteiger charge is -2.44. The molecule has 1 saturated heterocycles. The summed E-state index contributed by atoms with van der Waals surface area (Å²) in [5, 5.41) is 0. The SMILES string of the molecule is Cc1ccc(S(=O)(=O)N2CC(F)CC3CCCCC32)cc1. The molecule has 1 heterocycles. The van der Waals surface area contributed by atoms with Gasteiger partial charge in [0.15, 0.2) is 0 Å². The molecular formula is C16H22FNO2S. The van der Waals surface area contributed by atoms with E-state index in [1.165, 1.54) is 4.31 Å². The standard InChI is InChI=1S/C16H22FNO2S/c1-12-6-8-15(9-7-12)21(19,20)18-11-14(17)10-13-4-2-3-5-16(13)18/h6-9,13-14,16H,2-5,10-11H2,1H3. The van der Waals surface area contributed by atoms with Crippen LogP contribution in [0, 0.1) is 12.8 Å². The number of nitrogens with zero attached hydrogens (tertiary/aromatic N) is 1. The highest BCUT2D eigenvalue weighted by Crippen LogP contribution is 2.38. The summed E-state index contributed by atoms with van der Waals surface area (Å²) < 4.78 is 41.2. The van der Waals surface area contributed by atoms with Gasteiger partial charge in [-0.25, -0.2) is 12.8 Å². The van der Waals surface area contributed by atoms with Gasteiger partial charge in [0.05, 0.1) is 4.90 Å². The number of sulfonamides is 1. The molecule has 3 rings (SSSR count). The predicted molar refractivity (Wildman–Crippen MR) is 80.3 cm³/mol. The summed E-state index contributed by atoms with van der Waals surface area (Å²) in [5.74, 6) is 0.183. The van der Waals surface area contributed by atoms with Crippen LogP contribution in [0.15, 0.2) is 29.2 Å². The van der Waals surface area contributed by atoms with E-state index in [-0.39, 0.29) is 23.4 Å². The van der Waals surface area contributed by atoms with Crippen LogP contribution >= 0.6 is 0 Å². The Labute approximate surface area is 126 Å². The van der Waals surface area contributed by atoms with Gasteiger partial charge in [0.25, 0.3) is 0 Å². The van der Waals surface area contributed by atoms with Crippen LogP contribution in [-0.4, -0.2) is 31.5 Å². The number of halogens is 1. The van der Waals surface area contributed by atoms with E-state index >= 15 is 0 Å². The van der Waals surface area contributed by atoms with Gasteiger partial charge in [-0.05, 0) is 44.2 Å². The molecule has 2 aliphatic rings. The molecule has 0 amide bonds. The normalized spacial score (nSPS) is 30.9. The van der Waals surface area contributed by atoms with Crippen molar-refractivity contribution in [3.8, 4) is 0 Å². The molecule has 1 aromatic rings. The quantitative estimate of drug-likeness (QED) is 0.840. The van der Waals surface area contributed by atoms with E-state index in [2.05, 4.69) is 0 Å². The van der Waals surface area contributed by atoms with Gasteiger partial charge in [-0.3, -0.25) is 0 Å². The van der Waals surface area contributed by atoms with Crippen molar-refractivity contribution < 1.29 is 12.8 Å². The van der Waals surface area contributed by atoms with Gasteiger partial charge in [0, 0.05) is 12.6 Å². The van der Waals surface area contributed by atoms with Crippen LogP contribution in [0.3, 0.4) is 0 Å². The third-order valence-electron chi connectivity index (χ3n) is 4.80. The van der Waals surface area contributed by atoms with Gasteiger partial charge >= 0.3 is 0 Å². The van der Waals surface area contributed by atoms with E-state index in [1.54, 1.807) is 24.3 Å². The number of alkyl halides is 1. The molecular weight excluding hydrogens is 289 g/mol. The van der Waals surface area contributed by atoms with Gasteiger partial charge in [-0.2, -0.15) is 4.31 Å². The third kappa shape index (κ3) is 2.86. The number of rotatable bonds is 2. The maximum atomic E-state index is 14.0. The zero-order chi connectivity index (χ0) is 15.0. The van der Waals surface area contributed by atoms with Gasteiger partial charge in [0.1, 0.15) is 6.17 Å². The molecule has 0 spiro atoms. The van der Waals surface area contributed by atoms with Crippen molar-refractivity contribution in [2.24, 2.45) is 5.92 Å². The Hall–Kier alpha value is -0.940. The average Bonchev–Trinajstić information content (AvgIpc) is 2.46. The van der Waals surface area contributed by atoms with Gasteiger partial charge in [0.2, 0.25) is 10.0 Å². The minimum atomic E-state index is -3.59. The maximum absolute atomic E-state index is 14.0. The molecule has 2 fully saturated rings. The molecule has 1 saturated carbocycles. The summed E-state index contributed by atoms with van der Waals surface area (Å²) in [6, 6.07) is 6.83. The molecule has 3 nitrogen and oxygen atoms in total. The van der Waals surface area contributed by atoms with Crippen molar-refractivity contribution in [3.63, 3.8) is 0 Å². The van der Waals surface area contributed by atoms with Crippen molar-refractivity contribution in [3.05, 3.63) is 29.8 Å². The Morgan fingerprint density at radius 1 is 1.14 bits per heavy atom. The smallest absolute Gasteiger partial charge is 0.243 e. The predicted octanol–water partition coefficient (Wildman–Crippen LogP) is 3.29. The molecule has 3 unspecified atom stereocenters. The fraction of sp³-hybridized carbons (Fsp3) is 0.625. The van der Waals surface area contributed by atoms with E-state index in [0.717, 1.165) is 31.2 Å². The minimum absolute atomic E-state index is 0.0113. The summed E-state index contributed by atoms with van der Waals surface area (Å²) >= 11 is 0. The minimum Gasteiger partial charge on any atom is -0.246 e. The van der Waals surface area contributed by atoms with Crippen molar-refractivity contribution in [2.75, 3.05) is 6.54 Å². The lowest BCUT2D eigenvalue weighted by atomic mass is 9.79. The Bertz CT molecular complexity index is 599. The molecule has 5 heteroatoms. The highest BCUT2D eigenvalue weighted by molar-refractivity contribution is 7.89. The van der Waals surface area contributed by atoms with Gasteiger partial charge in [-0.15, -0.1) is 0 Å². The largest absolute Gasteiger partial charge is 0.246 e. The zero-order valence-electron chi connectivity index (χ0n) is 12.3. The molecule has 1 aromatic carbocycles. The lowest BCUT2D eigenvalue weighted by Crippen LogP contribution is -2.53. The van der Waals surface area contributed by atoms with Crippen LogP contribution in [0.4, 0.5) is 4.39 Å². The van der Waals surface area contributed by atoms with Crippen LogP contribution in [0.25, 0.3) is 0 Å². The maximum Gasteiger partial charge on any atom is 0.243 e. The second-order valence-electron chi connectivity index (χ2n) is 6.33. The monoisotopic (exact) mass is 311 g/mol. The number of piperidine rings is 1. The fourth-order valence-electron chi connectivity index (χ4n) is 3.70. The highest BCUT2D eigenvalue weighted by Gasteiger charge is 2.43. The summed E-state index contributed by atoms with van der Waals surface area (Å²) in [6.07, 6.45) is 3.42. The van der Waals surface area contributed by atoms with Crippen molar-refractivity contribution in [1.29, 1.82) is 0 Å². The first-order valence-electron chi connectivity index (χ1n) is 7.71. The number of fused-ring (bicyclic) bond motifs is 1. The second-order valence-corrected chi connectivity index (χ2v) is 8.22. The van der Waals surface area contributed by atoms with E-state index in [0.29, 0.717) is 6.42 Å². The summed E-state index contributed by atoms with van der Waals surface area (Å²) in [6.45, 7) is 1.93. The first-order valence-corrected chi connectivity index (χ1v) is 9.15. The van der Waals surface area contributed by atoms with E-state index in [4.69, 9.17) is 0 Å². The van der Waals surface area contributed by atoms with Crippen LogP contribution in [0.2, 0.25) is 0 Å². The second kappa shape index (κ2) is 5.69. The molecule has 0 radical (unpaired) electrons. The first-order chi connectivity index (χ1) is 9.98. The summed E-state index contributed by atoms with van der Waals surface area (Å²) in [5.41, 5.74) is 1.02. The topological polar surface area (TPSA) is 37.4 Å². The molecule has 0 N–H and O–H groups in total. The Kier molecular flexibility index (Phi) is 4.06. The molecule has 1 aliphatic carbocycles. The first kappa shape index (κ1) is 15.0. The Balaban J connectivity index is 1.94. The summed E-state index contributed by atoms with van der Waals surface area (Å²) in [4.78, 5) is 0.284. The van der Waals surface area contributed by atoms with Gasteiger partial charge in [-0.1, -0.05) is 30.5 Å². The molecule has 3 atom stereocenters. The third-order valence-corrected chi connectivity index (χ3v) is 6.71. The van der Waals surface area contributed by atoms with Crippen molar-refractivity contribution in [1.82, 2.24) is 4.31 Å². The molecule has 1 aliphatic heterocycles. The van der Waals surface area contributed by atoms with E-state index < -0.39 is 16.2 Å². The van der Waals surface area contributed by atoms with E-state index in [9.17, 15) is 12.8 Å². The average molecular weight is 311 g/mol. The Morgan fingerprint density at radius 3 is 2.52 bits per heavy atom. The number of aryl methyl sites for hydroxylation is 1. The van der Waals surface area contributed by atoms with Crippen LogP contribution in [-0.2, 0) is 10.0 Å².